The summed E-state index contributed by atoms with van der Waals surface area (Å²) in [6, 6.07) is 19.3. The number of anilines is 1. The van der Waals surface area contributed by atoms with Gasteiger partial charge in [-0.05, 0) is 80.3 Å². The van der Waals surface area contributed by atoms with Gasteiger partial charge in [0, 0.05) is 36.5 Å². The lowest BCUT2D eigenvalue weighted by Crippen LogP contribution is -2.41. The molecule has 1 amide bonds. The lowest BCUT2D eigenvalue weighted by molar-refractivity contribution is -0.120. The van der Waals surface area contributed by atoms with Gasteiger partial charge in [-0.2, -0.15) is 4.31 Å². The number of sulfonamides is 1. The first-order valence-electron chi connectivity index (χ1n) is 11.5. The topological polar surface area (TPSA) is 88.6 Å². The number of amides is 1. The molecule has 3 aromatic rings. The smallest absolute Gasteiger partial charge is 0.243 e. The third kappa shape index (κ3) is 6.27. The number of carbonyl (C=O) groups is 1. The molecule has 0 saturated carbocycles. The van der Waals surface area contributed by atoms with Crippen LogP contribution in [0.5, 0.6) is 5.75 Å². The van der Waals surface area contributed by atoms with Gasteiger partial charge in [-0.25, -0.2) is 13.4 Å². The van der Waals surface area contributed by atoms with Gasteiger partial charge in [0.1, 0.15) is 11.4 Å². The maximum absolute atomic E-state index is 13.0. The van der Waals surface area contributed by atoms with Crippen LogP contribution in [0.3, 0.4) is 0 Å². The number of hydrogen-bond acceptors (Lipinski definition) is 5. The molecule has 1 fully saturated rings. The summed E-state index contributed by atoms with van der Waals surface area (Å²) >= 11 is 0. The van der Waals surface area contributed by atoms with E-state index in [0.717, 1.165) is 5.56 Å². The zero-order valence-electron chi connectivity index (χ0n) is 19.5. The van der Waals surface area contributed by atoms with Gasteiger partial charge in [0.2, 0.25) is 15.9 Å². The van der Waals surface area contributed by atoms with Crippen LogP contribution < -0.4 is 10.1 Å². The first-order chi connectivity index (χ1) is 17.0. The van der Waals surface area contributed by atoms with E-state index < -0.39 is 10.0 Å². The van der Waals surface area contributed by atoms with Crippen LogP contribution in [0.2, 0.25) is 0 Å². The second-order valence-electron chi connectivity index (χ2n) is 8.12. The summed E-state index contributed by atoms with van der Waals surface area (Å²) in [4.78, 5) is 17.3. The molecule has 0 atom stereocenters. The Balaban J connectivity index is 1.34. The summed E-state index contributed by atoms with van der Waals surface area (Å²) in [6.45, 7) is 2.98. The first kappa shape index (κ1) is 24.5. The molecule has 0 bridgehead atoms. The highest BCUT2D eigenvalue weighted by molar-refractivity contribution is 7.89. The third-order valence-corrected chi connectivity index (χ3v) is 7.64. The second kappa shape index (κ2) is 11.2. The largest absolute Gasteiger partial charge is 0.494 e. The molecule has 1 aromatic heterocycles. The summed E-state index contributed by atoms with van der Waals surface area (Å²) in [5.74, 6) is 6.32. The maximum atomic E-state index is 13.0. The summed E-state index contributed by atoms with van der Waals surface area (Å²) in [5, 5.41) is 2.95. The highest BCUT2D eigenvalue weighted by Crippen LogP contribution is 2.26. The van der Waals surface area contributed by atoms with Gasteiger partial charge in [0.15, 0.2) is 0 Å². The Hall–Kier alpha value is -3.67. The van der Waals surface area contributed by atoms with Crippen LogP contribution in [0.15, 0.2) is 77.8 Å². The van der Waals surface area contributed by atoms with Crippen LogP contribution in [0.25, 0.3) is 0 Å². The molecule has 4 rings (SSSR count). The van der Waals surface area contributed by atoms with Crippen LogP contribution in [0.1, 0.15) is 31.0 Å². The average Bonchev–Trinajstić information content (AvgIpc) is 2.89. The quantitative estimate of drug-likeness (QED) is 0.530. The minimum atomic E-state index is -3.61. The van der Waals surface area contributed by atoms with Crippen molar-refractivity contribution in [2.45, 2.75) is 24.7 Å². The molecule has 180 valence electrons. The summed E-state index contributed by atoms with van der Waals surface area (Å²) in [7, 11) is -3.61. The van der Waals surface area contributed by atoms with E-state index in [1.165, 1.54) is 4.31 Å². The number of nitrogens with zero attached hydrogens (tertiary/aromatic N) is 2. The zero-order chi connectivity index (χ0) is 24.7. The summed E-state index contributed by atoms with van der Waals surface area (Å²) in [5.41, 5.74) is 2.10. The molecule has 1 N–H and O–H groups in total. The number of aromatic nitrogens is 1. The van der Waals surface area contributed by atoms with Crippen LogP contribution in [-0.4, -0.2) is 43.3 Å². The highest BCUT2D eigenvalue weighted by Gasteiger charge is 2.32. The standard InChI is InChI=1S/C27H27N3O4S/c1-2-34-25-11-13-26(14-12-25)35(32,33)30-18-15-22(16-19-30)27(31)29-24-8-5-6-21(20-24)9-10-23-7-3-4-17-28-23/h3-8,11-14,17,20,22H,2,15-16,18-19H2,1H3,(H,29,31). The number of pyridine rings is 1. The second-order valence-corrected chi connectivity index (χ2v) is 10.1. The van der Waals surface area contributed by atoms with Gasteiger partial charge in [-0.1, -0.05) is 18.1 Å². The number of carbonyl (C=O) groups excluding carboxylic acids is 1. The Kier molecular flexibility index (Phi) is 7.80. The monoisotopic (exact) mass is 489 g/mol. The van der Waals surface area contributed by atoms with E-state index in [1.54, 1.807) is 30.5 Å². The van der Waals surface area contributed by atoms with Crippen molar-refractivity contribution in [1.82, 2.24) is 9.29 Å². The lowest BCUT2D eigenvalue weighted by Gasteiger charge is -2.30. The van der Waals surface area contributed by atoms with Crippen LogP contribution in [0.4, 0.5) is 5.69 Å². The Labute approximate surface area is 206 Å². The van der Waals surface area contributed by atoms with Crippen molar-refractivity contribution < 1.29 is 17.9 Å². The number of hydrogen-bond donors (Lipinski definition) is 1. The minimum Gasteiger partial charge on any atom is -0.494 e. The molecule has 2 aromatic carbocycles. The van der Waals surface area contributed by atoms with Crippen LogP contribution in [0, 0.1) is 17.8 Å². The van der Waals surface area contributed by atoms with E-state index in [0.29, 0.717) is 49.7 Å². The number of rotatable bonds is 6. The van der Waals surface area contributed by atoms with Crippen molar-refractivity contribution in [3.63, 3.8) is 0 Å². The SMILES string of the molecule is CCOc1ccc(S(=O)(=O)N2CCC(C(=O)Nc3cccc(C#Cc4ccccn4)c3)CC2)cc1. The van der Waals surface area contributed by atoms with Gasteiger partial charge < -0.3 is 10.1 Å². The van der Waals surface area contributed by atoms with Gasteiger partial charge in [0.25, 0.3) is 0 Å². The average molecular weight is 490 g/mol. The molecule has 35 heavy (non-hydrogen) atoms. The van der Waals surface area contributed by atoms with Crippen molar-refractivity contribution in [3.8, 4) is 17.6 Å². The molecule has 1 aliphatic heterocycles. The molecule has 1 saturated heterocycles. The minimum absolute atomic E-state index is 0.113. The van der Waals surface area contributed by atoms with Crippen molar-refractivity contribution in [1.29, 1.82) is 0 Å². The molecule has 8 heteroatoms. The molecule has 0 aliphatic carbocycles. The molecule has 0 spiro atoms. The van der Waals surface area contributed by atoms with Gasteiger partial charge in [-0.15, -0.1) is 0 Å². The highest BCUT2D eigenvalue weighted by atomic mass is 32.2. The predicted molar refractivity (Wildman–Crippen MR) is 134 cm³/mol. The Morgan fingerprint density at radius 2 is 1.83 bits per heavy atom. The fourth-order valence-electron chi connectivity index (χ4n) is 3.87. The predicted octanol–water partition coefficient (Wildman–Crippen LogP) is 3.92. The summed E-state index contributed by atoms with van der Waals surface area (Å²) in [6.07, 6.45) is 2.61. The van der Waals surface area contributed by atoms with Gasteiger partial charge in [-0.3, -0.25) is 4.79 Å². The van der Waals surface area contributed by atoms with E-state index in [9.17, 15) is 13.2 Å². The van der Waals surface area contributed by atoms with Crippen molar-refractivity contribution in [3.05, 3.63) is 84.2 Å². The van der Waals surface area contributed by atoms with Crippen molar-refractivity contribution in [2.75, 3.05) is 25.0 Å². The molecule has 2 heterocycles. The molecule has 0 radical (unpaired) electrons. The molecular weight excluding hydrogens is 462 g/mol. The lowest BCUT2D eigenvalue weighted by atomic mass is 9.97. The molecule has 7 nitrogen and oxygen atoms in total. The maximum Gasteiger partial charge on any atom is 0.243 e. The van der Waals surface area contributed by atoms with E-state index >= 15 is 0 Å². The number of benzene rings is 2. The first-order valence-corrected chi connectivity index (χ1v) is 13.0. The molecule has 0 unspecified atom stereocenters. The summed E-state index contributed by atoms with van der Waals surface area (Å²) < 4.78 is 32.8. The number of nitrogens with one attached hydrogen (secondary N) is 1. The fraction of sp³-hybridized carbons (Fsp3) is 0.259. The number of piperidine rings is 1. The van der Waals surface area contributed by atoms with Crippen molar-refractivity contribution >= 4 is 21.6 Å². The third-order valence-electron chi connectivity index (χ3n) is 5.73. The molecular formula is C27H27N3O4S. The Morgan fingerprint density at radius 3 is 2.51 bits per heavy atom. The zero-order valence-corrected chi connectivity index (χ0v) is 20.3. The number of ether oxygens (including phenoxy) is 1. The van der Waals surface area contributed by atoms with E-state index in [-0.39, 0.29) is 16.7 Å². The van der Waals surface area contributed by atoms with E-state index in [2.05, 4.69) is 22.1 Å². The Bertz CT molecular complexity index is 1320. The van der Waals surface area contributed by atoms with Crippen LogP contribution >= 0.6 is 0 Å². The normalized spacial score (nSPS) is 14.5. The Morgan fingerprint density at radius 1 is 1.06 bits per heavy atom. The van der Waals surface area contributed by atoms with Gasteiger partial charge in [0.05, 0.1) is 11.5 Å². The van der Waals surface area contributed by atoms with Crippen molar-refractivity contribution in [2.24, 2.45) is 5.92 Å². The molecule has 1 aliphatic rings. The van der Waals surface area contributed by atoms with E-state index in [1.807, 2.05) is 49.4 Å². The fourth-order valence-corrected chi connectivity index (χ4v) is 5.34. The van der Waals surface area contributed by atoms with E-state index in [4.69, 9.17) is 4.74 Å². The van der Waals surface area contributed by atoms with Crippen LogP contribution in [-0.2, 0) is 14.8 Å². The van der Waals surface area contributed by atoms with Gasteiger partial charge >= 0.3 is 0 Å².